The molecule has 0 saturated heterocycles. The molecule has 1 amide bonds. The van der Waals surface area contributed by atoms with Crippen LogP contribution in [0.5, 0.6) is 0 Å². The Labute approximate surface area is 136 Å². The Morgan fingerprint density at radius 2 is 1.70 bits per heavy atom. The van der Waals surface area contributed by atoms with Crippen LogP contribution in [0.2, 0.25) is 0 Å². The quantitative estimate of drug-likeness (QED) is 0.581. The Bertz CT molecular complexity index is 491. The van der Waals surface area contributed by atoms with Gasteiger partial charge in [0.1, 0.15) is 11.1 Å². The predicted molar refractivity (Wildman–Crippen MR) is 80.1 cm³/mol. The van der Waals surface area contributed by atoms with E-state index in [2.05, 4.69) is 10.1 Å². The molecule has 0 aromatic carbocycles. The van der Waals surface area contributed by atoms with E-state index in [0.29, 0.717) is 0 Å². The van der Waals surface area contributed by atoms with Gasteiger partial charge in [-0.2, -0.15) is 5.26 Å². The minimum atomic E-state index is -1.53. The maximum atomic E-state index is 12.1. The van der Waals surface area contributed by atoms with Crippen LogP contribution in [0.15, 0.2) is 0 Å². The molecule has 0 spiro atoms. The number of carbonyl (C=O) groups excluding carboxylic acids is 3. The first kappa shape index (κ1) is 20.7. The third-order valence-corrected chi connectivity index (χ3v) is 2.94. The van der Waals surface area contributed by atoms with Crippen molar-refractivity contribution < 1.29 is 28.6 Å². The maximum Gasteiger partial charge on any atom is 0.408 e. The van der Waals surface area contributed by atoms with E-state index in [-0.39, 0.29) is 12.8 Å². The highest BCUT2D eigenvalue weighted by atomic mass is 16.6. The lowest BCUT2D eigenvalue weighted by molar-refractivity contribution is -0.151. The second kappa shape index (κ2) is 8.36. The molecule has 2 atom stereocenters. The number of hydrogen-bond donors (Lipinski definition) is 1. The van der Waals surface area contributed by atoms with Crippen molar-refractivity contribution in [3.05, 3.63) is 0 Å². The summed E-state index contributed by atoms with van der Waals surface area (Å²) in [6.45, 7) is 6.43. The second-order valence-corrected chi connectivity index (χ2v) is 6.24. The summed E-state index contributed by atoms with van der Waals surface area (Å²) >= 11 is 0. The molecule has 8 heteroatoms. The largest absolute Gasteiger partial charge is 0.469 e. The molecular formula is C15H24N2O6. The average Bonchev–Trinajstić information content (AvgIpc) is 2.42. The van der Waals surface area contributed by atoms with Crippen molar-refractivity contribution in [3.8, 4) is 6.07 Å². The van der Waals surface area contributed by atoms with Crippen LogP contribution in [0, 0.1) is 17.2 Å². The standard InChI is InChI=1S/C15H24N2O6/c1-14(2,3)23-13(20)17-15(4,12(19)22-6)9-10(7-8-16)11(18)21-5/h10H,7,9H2,1-6H3,(H,17,20). The second-order valence-electron chi connectivity index (χ2n) is 6.24. The van der Waals surface area contributed by atoms with Crippen molar-refractivity contribution in [2.24, 2.45) is 5.92 Å². The first-order valence-electron chi connectivity index (χ1n) is 7.03. The molecule has 1 N–H and O–H groups in total. The van der Waals surface area contributed by atoms with Gasteiger partial charge < -0.3 is 19.5 Å². The summed E-state index contributed by atoms with van der Waals surface area (Å²) in [7, 11) is 2.35. The third kappa shape index (κ3) is 7.00. The topological polar surface area (TPSA) is 115 Å². The van der Waals surface area contributed by atoms with Gasteiger partial charge in [0.15, 0.2) is 0 Å². The van der Waals surface area contributed by atoms with Gasteiger partial charge in [-0.1, -0.05) is 0 Å². The van der Waals surface area contributed by atoms with E-state index in [0.717, 1.165) is 7.11 Å². The van der Waals surface area contributed by atoms with Crippen molar-refractivity contribution in [2.45, 2.75) is 51.7 Å². The van der Waals surface area contributed by atoms with Gasteiger partial charge in [-0.15, -0.1) is 0 Å². The number of hydrogen-bond acceptors (Lipinski definition) is 7. The Kier molecular flexibility index (Phi) is 7.53. The number of rotatable bonds is 6. The molecule has 23 heavy (non-hydrogen) atoms. The van der Waals surface area contributed by atoms with Gasteiger partial charge in [-0.25, -0.2) is 9.59 Å². The molecule has 2 unspecified atom stereocenters. The van der Waals surface area contributed by atoms with Crippen molar-refractivity contribution in [1.82, 2.24) is 5.32 Å². The van der Waals surface area contributed by atoms with Crippen molar-refractivity contribution in [1.29, 1.82) is 5.26 Å². The molecule has 0 fully saturated rings. The first-order chi connectivity index (χ1) is 10.5. The van der Waals surface area contributed by atoms with Crippen LogP contribution in [0.1, 0.15) is 40.5 Å². The number of nitrogens with zero attached hydrogens (tertiary/aromatic N) is 1. The van der Waals surface area contributed by atoms with Crippen LogP contribution >= 0.6 is 0 Å². The molecule has 8 nitrogen and oxygen atoms in total. The van der Waals surface area contributed by atoms with E-state index in [1.807, 2.05) is 6.07 Å². The van der Waals surface area contributed by atoms with Crippen LogP contribution < -0.4 is 5.32 Å². The zero-order valence-electron chi connectivity index (χ0n) is 14.4. The van der Waals surface area contributed by atoms with Gasteiger partial charge in [0.25, 0.3) is 0 Å². The number of nitrogens with one attached hydrogen (secondary N) is 1. The molecule has 0 aromatic rings. The first-order valence-corrected chi connectivity index (χ1v) is 7.03. The number of amides is 1. The predicted octanol–water partition coefficient (Wildman–Crippen LogP) is 1.54. The molecule has 0 bridgehead atoms. The Balaban J connectivity index is 5.32. The summed E-state index contributed by atoms with van der Waals surface area (Å²) in [6, 6.07) is 1.86. The number of nitriles is 1. The summed E-state index contributed by atoms with van der Waals surface area (Å²) in [5, 5.41) is 11.2. The maximum absolute atomic E-state index is 12.1. The van der Waals surface area contributed by atoms with Crippen LogP contribution in [-0.4, -0.2) is 43.4 Å². The minimum absolute atomic E-state index is 0.154. The summed E-state index contributed by atoms with van der Waals surface area (Å²) < 4.78 is 14.4. The van der Waals surface area contributed by atoms with E-state index in [9.17, 15) is 14.4 Å². The van der Waals surface area contributed by atoms with E-state index in [1.54, 1.807) is 20.8 Å². The van der Waals surface area contributed by atoms with Crippen molar-refractivity contribution >= 4 is 18.0 Å². The van der Waals surface area contributed by atoms with Gasteiger partial charge >= 0.3 is 18.0 Å². The molecule has 0 rings (SSSR count). The zero-order valence-corrected chi connectivity index (χ0v) is 14.4. The van der Waals surface area contributed by atoms with Gasteiger partial charge in [0.05, 0.1) is 26.2 Å². The summed E-state index contributed by atoms with van der Waals surface area (Å²) in [5.74, 6) is -2.29. The van der Waals surface area contributed by atoms with E-state index < -0.39 is 35.1 Å². The molecule has 0 saturated carbocycles. The lowest BCUT2D eigenvalue weighted by Gasteiger charge is -2.31. The van der Waals surface area contributed by atoms with Crippen LogP contribution in [0.4, 0.5) is 4.79 Å². The van der Waals surface area contributed by atoms with Crippen LogP contribution in [0.3, 0.4) is 0 Å². The average molecular weight is 328 g/mol. The zero-order chi connectivity index (χ0) is 18.3. The minimum Gasteiger partial charge on any atom is -0.469 e. The normalized spacial score (nSPS) is 14.7. The third-order valence-electron chi connectivity index (χ3n) is 2.94. The molecule has 0 aromatic heterocycles. The van der Waals surface area contributed by atoms with Crippen molar-refractivity contribution in [2.75, 3.05) is 14.2 Å². The Morgan fingerprint density at radius 3 is 2.09 bits per heavy atom. The number of alkyl carbamates (subject to hydrolysis) is 1. The highest BCUT2D eigenvalue weighted by Crippen LogP contribution is 2.23. The monoisotopic (exact) mass is 328 g/mol. The fourth-order valence-corrected chi connectivity index (χ4v) is 1.95. The van der Waals surface area contributed by atoms with E-state index >= 15 is 0 Å². The van der Waals surface area contributed by atoms with Gasteiger partial charge in [-0.3, -0.25) is 4.79 Å². The van der Waals surface area contributed by atoms with Gasteiger partial charge in [-0.05, 0) is 34.1 Å². The fourth-order valence-electron chi connectivity index (χ4n) is 1.95. The fraction of sp³-hybridized carbons (Fsp3) is 0.733. The number of carbonyl (C=O) groups is 3. The molecule has 130 valence electrons. The number of methoxy groups -OCH3 is 2. The smallest absolute Gasteiger partial charge is 0.408 e. The molecule has 0 aliphatic heterocycles. The Morgan fingerprint density at radius 1 is 1.13 bits per heavy atom. The lowest BCUT2D eigenvalue weighted by atomic mass is 9.87. The Hall–Kier alpha value is -2.30. The molecular weight excluding hydrogens is 304 g/mol. The molecule has 0 aliphatic carbocycles. The van der Waals surface area contributed by atoms with Crippen LogP contribution in [-0.2, 0) is 23.8 Å². The van der Waals surface area contributed by atoms with Crippen molar-refractivity contribution in [3.63, 3.8) is 0 Å². The lowest BCUT2D eigenvalue weighted by Crippen LogP contribution is -2.55. The summed E-state index contributed by atoms with van der Waals surface area (Å²) in [4.78, 5) is 35.7. The highest BCUT2D eigenvalue weighted by molar-refractivity contribution is 5.86. The molecule has 0 heterocycles. The SMILES string of the molecule is COC(=O)C(CC#N)CC(C)(NC(=O)OC(C)(C)C)C(=O)OC. The summed E-state index contributed by atoms with van der Waals surface area (Å²) in [5.41, 5.74) is -2.29. The number of ether oxygens (including phenoxy) is 3. The number of esters is 2. The van der Waals surface area contributed by atoms with Gasteiger partial charge in [0, 0.05) is 6.42 Å². The van der Waals surface area contributed by atoms with Crippen LogP contribution in [0.25, 0.3) is 0 Å². The summed E-state index contributed by atoms with van der Waals surface area (Å²) in [6.07, 6.45) is -1.14. The highest BCUT2D eigenvalue weighted by Gasteiger charge is 2.41. The van der Waals surface area contributed by atoms with E-state index in [4.69, 9.17) is 14.7 Å². The van der Waals surface area contributed by atoms with E-state index in [1.165, 1.54) is 14.0 Å². The van der Waals surface area contributed by atoms with Gasteiger partial charge in [0.2, 0.25) is 0 Å². The molecule has 0 aliphatic rings. The molecule has 0 radical (unpaired) electrons.